The number of methoxy groups -OCH3 is 2. The zero-order valence-corrected chi connectivity index (χ0v) is 13.5. The topological polar surface area (TPSA) is 69.7 Å². The van der Waals surface area contributed by atoms with Crippen molar-refractivity contribution >= 4 is 17.7 Å². The minimum Gasteiger partial charge on any atom is -0.469 e. The molecule has 0 bridgehead atoms. The maximum absolute atomic E-state index is 11.8. The summed E-state index contributed by atoms with van der Waals surface area (Å²) in [6, 6.07) is 0. The fraction of sp³-hybridized carbons (Fsp3) is 0.706. The van der Waals surface area contributed by atoms with E-state index in [4.69, 9.17) is 0 Å². The van der Waals surface area contributed by atoms with Crippen LogP contribution in [0.25, 0.3) is 0 Å². The fourth-order valence-electron chi connectivity index (χ4n) is 2.78. The van der Waals surface area contributed by atoms with Gasteiger partial charge in [-0.2, -0.15) is 0 Å². The van der Waals surface area contributed by atoms with Crippen LogP contribution in [0.5, 0.6) is 0 Å². The predicted molar refractivity (Wildman–Crippen MR) is 82.1 cm³/mol. The first-order chi connectivity index (χ1) is 10.6. The van der Waals surface area contributed by atoms with Gasteiger partial charge < -0.3 is 9.47 Å². The number of carbonyl (C=O) groups is 3. The maximum atomic E-state index is 11.8. The first kappa shape index (κ1) is 18.4. The van der Waals surface area contributed by atoms with Gasteiger partial charge in [-0.05, 0) is 24.8 Å². The van der Waals surface area contributed by atoms with Crippen molar-refractivity contribution in [3.05, 3.63) is 12.2 Å². The molecule has 0 aromatic carbocycles. The molecule has 22 heavy (non-hydrogen) atoms. The van der Waals surface area contributed by atoms with Crippen molar-refractivity contribution in [2.45, 2.75) is 51.4 Å². The Kier molecular flexibility index (Phi) is 8.48. The van der Waals surface area contributed by atoms with Crippen molar-refractivity contribution in [3.63, 3.8) is 0 Å². The van der Waals surface area contributed by atoms with Crippen LogP contribution in [0.15, 0.2) is 12.2 Å². The summed E-state index contributed by atoms with van der Waals surface area (Å²) >= 11 is 0. The smallest absolute Gasteiger partial charge is 0.306 e. The Hall–Kier alpha value is -1.65. The third kappa shape index (κ3) is 6.41. The Labute approximate surface area is 132 Å². The first-order valence-corrected chi connectivity index (χ1v) is 7.94. The highest BCUT2D eigenvalue weighted by atomic mass is 16.5. The molecule has 0 aromatic rings. The lowest BCUT2D eigenvalue weighted by molar-refractivity contribution is -0.143. The second kappa shape index (κ2) is 10.1. The van der Waals surface area contributed by atoms with Crippen LogP contribution in [0.4, 0.5) is 0 Å². The van der Waals surface area contributed by atoms with Crippen molar-refractivity contribution in [3.8, 4) is 0 Å². The summed E-state index contributed by atoms with van der Waals surface area (Å²) in [6.45, 7) is 0. The minimum atomic E-state index is -0.324. The van der Waals surface area contributed by atoms with Gasteiger partial charge in [-0.15, -0.1) is 0 Å². The lowest BCUT2D eigenvalue weighted by Crippen LogP contribution is -2.20. The summed E-state index contributed by atoms with van der Waals surface area (Å²) in [5.41, 5.74) is 0. The van der Waals surface area contributed by atoms with Crippen LogP contribution in [0.2, 0.25) is 0 Å². The van der Waals surface area contributed by atoms with Crippen LogP contribution >= 0.6 is 0 Å². The highest BCUT2D eigenvalue weighted by Gasteiger charge is 2.31. The Balaban J connectivity index is 2.15. The Bertz CT molecular complexity index is 413. The zero-order chi connectivity index (χ0) is 16.4. The molecule has 0 saturated carbocycles. The molecule has 124 valence electrons. The van der Waals surface area contributed by atoms with Gasteiger partial charge >= 0.3 is 11.9 Å². The van der Waals surface area contributed by atoms with E-state index in [0.717, 1.165) is 38.5 Å². The number of hydrogen-bond donors (Lipinski definition) is 0. The van der Waals surface area contributed by atoms with Gasteiger partial charge in [-0.25, -0.2) is 0 Å². The van der Waals surface area contributed by atoms with Crippen LogP contribution in [-0.2, 0) is 23.9 Å². The molecule has 5 nitrogen and oxygen atoms in total. The van der Waals surface area contributed by atoms with E-state index >= 15 is 0 Å². The molecule has 0 unspecified atom stereocenters. The van der Waals surface area contributed by atoms with Gasteiger partial charge in [0, 0.05) is 12.3 Å². The number of carbonyl (C=O) groups excluding carboxylic acids is 3. The molecule has 1 rings (SSSR count). The largest absolute Gasteiger partial charge is 0.469 e. The second-order valence-electron chi connectivity index (χ2n) is 5.69. The molecule has 1 aliphatic rings. The number of esters is 2. The molecule has 0 amide bonds. The summed E-state index contributed by atoms with van der Waals surface area (Å²) in [7, 11) is 2.75. The van der Waals surface area contributed by atoms with E-state index in [9.17, 15) is 14.4 Å². The van der Waals surface area contributed by atoms with Crippen LogP contribution in [0.3, 0.4) is 0 Å². The van der Waals surface area contributed by atoms with Crippen LogP contribution in [0, 0.1) is 11.8 Å². The third-order valence-electron chi connectivity index (χ3n) is 4.15. The van der Waals surface area contributed by atoms with E-state index in [-0.39, 0.29) is 36.0 Å². The number of hydrogen-bond acceptors (Lipinski definition) is 5. The van der Waals surface area contributed by atoms with E-state index in [0.29, 0.717) is 6.42 Å². The number of unbranched alkanes of at least 4 members (excludes halogenated alkanes) is 4. The second-order valence-corrected chi connectivity index (χ2v) is 5.69. The lowest BCUT2D eigenvalue weighted by Gasteiger charge is -2.16. The molecule has 0 N–H and O–H groups in total. The van der Waals surface area contributed by atoms with E-state index in [1.807, 2.05) is 6.08 Å². The Morgan fingerprint density at radius 1 is 1.00 bits per heavy atom. The highest BCUT2D eigenvalue weighted by Crippen LogP contribution is 2.30. The minimum absolute atomic E-state index is 0.0356. The van der Waals surface area contributed by atoms with Crippen LogP contribution < -0.4 is 0 Å². The van der Waals surface area contributed by atoms with Gasteiger partial charge in [0.2, 0.25) is 0 Å². The SMILES string of the molecule is COC(=O)CCCCCCC[C@H]1C=CC(=O)[C@@H]1CC(=O)OC. The standard InChI is InChI=1S/C17H26O5/c1-21-16(19)9-7-5-3-4-6-8-13-10-11-15(18)14(13)12-17(20)22-2/h10-11,13-14H,3-9,12H2,1-2H3/t13-,14+/m0/s1. The first-order valence-electron chi connectivity index (χ1n) is 7.94. The number of rotatable bonds is 10. The van der Waals surface area contributed by atoms with E-state index in [1.54, 1.807) is 6.08 Å². The normalized spacial score (nSPS) is 20.2. The monoisotopic (exact) mass is 310 g/mol. The quantitative estimate of drug-likeness (QED) is 0.458. The van der Waals surface area contributed by atoms with Gasteiger partial charge in [-0.1, -0.05) is 31.8 Å². The van der Waals surface area contributed by atoms with E-state index < -0.39 is 0 Å². The fourth-order valence-corrected chi connectivity index (χ4v) is 2.78. The summed E-state index contributed by atoms with van der Waals surface area (Å²) < 4.78 is 9.24. The van der Waals surface area contributed by atoms with Gasteiger partial charge in [0.05, 0.1) is 20.6 Å². The van der Waals surface area contributed by atoms with Crippen LogP contribution in [-0.4, -0.2) is 31.9 Å². The average molecular weight is 310 g/mol. The number of ether oxygens (including phenoxy) is 2. The maximum Gasteiger partial charge on any atom is 0.306 e. The summed E-state index contributed by atoms with van der Waals surface area (Å²) in [5, 5.41) is 0. The van der Waals surface area contributed by atoms with Crippen LogP contribution in [0.1, 0.15) is 51.4 Å². The number of ketones is 1. The molecule has 2 atom stereocenters. The predicted octanol–water partition coefficient (Wildman–Crippen LogP) is 2.82. The Morgan fingerprint density at radius 2 is 1.64 bits per heavy atom. The molecule has 0 heterocycles. The average Bonchev–Trinajstić information content (AvgIpc) is 2.86. The molecule has 0 fully saturated rings. The van der Waals surface area contributed by atoms with Gasteiger partial charge in [0.1, 0.15) is 0 Å². The lowest BCUT2D eigenvalue weighted by atomic mass is 9.87. The summed E-state index contributed by atoms with van der Waals surface area (Å²) in [4.78, 5) is 34.1. The molecule has 0 radical (unpaired) electrons. The molecule has 0 aliphatic heterocycles. The number of allylic oxidation sites excluding steroid dienone is 2. The third-order valence-corrected chi connectivity index (χ3v) is 4.15. The molecule has 0 aromatic heterocycles. The van der Waals surface area contributed by atoms with E-state index in [2.05, 4.69) is 9.47 Å². The summed E-state index contributed by atoms with van der Waals surface area (Å²) in [6.07, 6.45) is 10.1. The Morgan fingerprint density at radius 3 is 2.32 bits per heavy atom. The van der Waals surface area contributed by atoms with Crippen molar-refractivity contribution in [1.29, 1.82) is 0 Å². The van der Waals surface area contributed by atoms with Crippen molar-refractivity contribution in [2.24, 2.45) is 11.8 Å². The van der Waals surface area contributed by atoms with Gasteiger partial charge in [0.15, 0.2) is 5.78 Å². The zero-order valence-electron chi connectivity index (χ0n) is 13.5. The molecule has 5 heteroatoms. The molecule has 0 spiro atoms. The van der Waals surface area contributed by atoms with Crippen molar-refractivity contribution in [1.82, 2.24) is 0 Å². The van der Waals surface area contributed by atoms with Gasteiger partial charge in [0.25, 0.3) is 0 Å². The molecule has 0 saturated heterocycles. The molecule has 1 aliphatic carbocycles. The van der Waals surface area contributed by atoms with Gasteiger partial charge in [-0.3, -0.25) is 14.4 Å². The van der Waals surface area contributed by atoms with E-state index in [1.165, 1.54) is 14.2 Å². The molecular formula is C17H26O5. The summed E-state index contributed by atoms with van der Waals surface area (Å²) in [5.74, 6) is -0.531. The highest BCUT2D eigenvalue weighted by molar-refractivity contribution is 5.96. The van der Waals surface area contributed by atoms with Crippen molar-refractivity contribution in [2.75, 3.05) is 14.2 Å². The van der Waals surface area contributed by atoms with Crippen molar-refractivity contribution < 1.29 is 23.9 Å². The molecular weight excluding hydrogens is 284 g/mol.